The fraction of sp³-hybridized carbons (Fsp3) is 0.524. The van der Waals surface area contributed by atoms with E-state index in [4.69, 9.17) is 4.98 Å². The topological polar surface area (TPSA) is 39.7 Å². The average Bonchev–Trinajstić information content (AvgIpc) is 3.19. The summed E-state index contributed by atoms with van der Waals surface area (Å²) >= 11 is 1.63. The lowest BCUT2D eigenvalue weighted by molar-refractivity contribution is 0.0741. The second-order valence-corrected chi connectivity index (χ2v) is 8.82. The van der Waals surface area contributed by atoms with E-state index in [-0.39, 0.29) is 5.56 Å². The molecule has 2 fully saturated rings. The van der Waals surface area contributed by atoms with Gasteiger partial charge in [-0.25, -0.2) is 13.8 Å². The number of likely N-dealkylation sites (tertiary alicyclic amines) is 1. The maximum absolute atomic E-state index is 13.9. The number of carbonyl (C=O) groups excluding carboxylic acids is 1. The molecule has 3 heterocycles. The van der Waals surface area contributed by atoms with E-state index in [1.54, 1.807) is 16.2 Å². The summed E-state index contributed by atoms with van der Waals surface area (Å²) in [5, 5.41) is 3.09. The van der Waals surface area contributed by atoms with E-state index in [9.17, 15) is 13.6 Å². The summed E-state index contributed by atoms with van der Waals surface area (Å²) in [6.45, 7) is 7.66. The zero-order valence-corrected chi connectivity index (χ0v) is 17.4. The minimum absolute atomic E-state index is 0.203. The lowest BCUT2D eigenvalue weighted by Crippen LogP contribution is -2.49. The van der Waals surface area contributed by atoms with Crippen LogP contribution in [0.25, 0.3) is 0 Å². The second-order valence-electron chi connectivity index (χ2n) is 7.98. The normalized spacial score (nSPS) is 19.0. The Bertz CT molecular complexity index is 858. The molecule has 2 aromatic rings. The highest BCUT2D eigenvalue weighted by molar-refractivity contribution is 7.13. The third-order valence-corrected chi connectivity index (χ3v) is 6.75. The number of aromatic nitrogens is 1. The fourth-order valence-electron chi connectivity index (χ4n) is 3.90. The molecule has 1 aromatic heterocycles. The first-order valence-electron chi connectivity index (χ1n) is 10.2. The molecule has 4 rings (SSSR count). The summed E-state index contributed by atoms with van der Waals surface area (Å²) < 4.78 is 27.3. The van der Waals surface area contributed by atoms with Gasteiger partial charge in [-0.05, 0) is 50.0 Å². The molecule has 1 aromatic carbocycles. The van der Waals surface area contributed by atoms with Gasteiger partial charge in [0.15, 0.2) is 5.13 Å². The summed E-state index contributed by atoms with van der Waals surface area (Å²) in [7, 11) is 0. The van der Waals surface area contributed by atoms with Crippen molar-refractivity contribution in [2.24, 2.45) is 5.92 Å². The van der Waals surface area contributed by atoms with E-state index in [0.717, 1.165) is 54.6 Å². The van der Waals surface area contributed by atoms with Crippen molar-refractivity contribution in [3.05, 3.63) is 46.5 Å². The van der Waals surface area contributed by atoms with E-state index >= 15 is 0 Å². The molecule has 1 amide bonds. The van der Waals surface area contributed by atoms with Crippen molar-refractivity contribution in [1.82, 2.24) is 14.8 Å². The van der Waals surface area contributed by atoms with Crippen LogP contribution < -0.4 is 4.90 Å². The van der Waals surface area contributed by atoms with Crippen LogP contribution in [0.2, 0.25) is 0 Å². The van der Waals surface area contributed by atoms with Gasteiger partial charge in [0.25, 0.3) is 5.91 Å². The average molecular weight is 421 g/mol. The molecule has 2 saturated heterocycles. The standard InChI is InChI=1S/C21H26F2N4OS/c1-15-4-6-25(7-5-15)13-17-14-29-21(24-17)27-10-8-26(9-11-27)20(28)18-12-16(22)2-3-19(18)23/h2-3,12,14-15H,4-11,13H2,1H3. The fourth-order valence-corrected chi connectivity index (χ4v) is 4.77. The van der Waals surface area contributed by atoms with Gasteiger partial charge in [-0.2, -0.15) is 0 Å². The number of piperidine rings is 1. The maximum Gasteiger partial charge on any atom is 0.257 e. The predicted octanol–water partition coefficient (Wildman–Crippen LogP) is 3.62. The smallest absolute Gasteiger partial charge is 0.257 e. The van der Waals surface area contributed by atoms with Crippen LogP contribution in [0.15, 0.2) is 23.6 Å². The molecule has 5 nitrogen and oxygen atoms in total. The van der Waals surface area contributed by atoms with Crippen molar-refractivity contribution < 1.29 is 13.6 Å². The van der Waals surface area contributed by atoms with Crippen molar-refractivity contribution in [3.63, 3.8) is 0 Å². The van der Waals surface area contributed by atoms with Crippen LogP contribution in [0.4, 0.5) is 13.9 Å². The summed E-state index contributed by atoms with van der Waals surface area (Å²) in [6.07, 6.45) is 2.50. The molecule has 8 heteroatoms. The predicted molar refractivity (Wildman–Crippen MR) is 110 cm³/mol. The van der Waals surface area contributed by atoms with Crippen LogP contribution in [0, 0.1) is 17.6 Å². The third-order valence-electron chi connectivity index (χ3n) is 5.80. The SMILES string of the molecule is CC1CCN(Cc2csc(N3CCN(C(=O)c4cc(F)ccc4F)CC3)n2)CC1. The van der Waals surface area contributed by atoms with Crippen LogP contribution in [0.5, 0.6) is 0 Å². The number of carbonyl (C=O) groups is 1. The largest absolute Gasteiger partial charge is 0.345 e. The summed E-state index contributed by atoms with van der Waals surface area (Å²) in [5.74, 6) is -0.930. The Morgan fingerprint density at radius 3 is 2.59 bits per heavy atom. The first-order chi connectivity index (χ1) is 14.0. The van der Waals surface area contributed by atoms with Crippen molar-refractivity contribution in [2.45, 2.75) is 26.3 Å². The van der Waals surface area contributed by atoms with Gasteiger partial charge in [0.05, 0.1) is 11.3 Å². The molecule has 156 valence electrons. The zero-order chi connectivity index (χ0) is 20.4. The molecule has 2 aliphatic heterocycles. The van der Waals surface area contributed by atoms with Crippen LogP contribution in [-0.4, -0.2) is 60.0 Å². The van der Waals surface area contributed by atoms with Crippen LogP contribution >= 0.6 is 11.3 Å². The number of nitrogens with zero attached hydrogens (tertiary/aromatic N) is 4. The number of piperazine rings is 1. The highest BCUT2D eigenvalue weighted by Crippen LogP contribution is 2.25. The molecule has 0 bridgehead atoms. The molecule has 0 radical (unpaired) electrons. The molecule has 0 aliphatic carbocycles. The molecule has 0 atom stereocenters. The summed E-state index contributed by atoms with van der Waals surface area (Å²) in [4.78, 5) is 23.5. The number of thiazole rings is 1. The first kappa shape index (κ1) is 20.2. The monoisotopic (exact) mass is 420 g/mol. The number of amides is 1. The zero-order valence-electron chi connectivity index (χ0n) is 16.6. The van der Waals surface area contributed by atoms with Crippen molar-refractivity contribution in [2.75, 3.05) is 44.2 Å². The van der Waals surface area contributed by atoms with Gasteiger partial charge < -0.3 is 9.80 Å². The van der Waals surface area contributed by atoms with E-state index in [1.165, 1.54) is 12.8 Å². The minimum atomic E-state index is -0.685. The Kier molecular flexibility index (Phi) is 6.10. The molecular weight excluding hydrogens is 394 g/mol. The first-order valence-corrected chi connectivity index (χ1v) is 11.0. The number of rotatable bonds is 4. The van der Waals surface area contributed by atoms with Crippen LogP contribution in [-0.2, 0) is 6.54 Å². The minimum Gasteiger partial charge on any atom is -0.345 e. The molecule has 0 saturated carbocycles. The molecule has 0 unspecified atom stereocenters. The Morgan fingerprint density at radius 2 is 1.86 bits per heavy atom. The van der Waals surface area contributed by atoms with E-state index < -0.39 is 17.5 Å². The van der Waals surface area contributed by atoms with E-state index in [2.05, 4.69) is 22.1 Å². The van der Waals surface area contributed by atoms with Gasteiger partial charge in [0, 0.05) is 38.1 Å². The van der Waals surface area contributed by atoms with Crippen molar-refractivity contribution in [3.8, 4) is 0 Å². The van der Waals surface area contributed by atoms with Gasteiger partial charge in [0.1, 0.15) is 11.6 Å². The highest BCUT2D eigenvalue weighted by Gasteiger charge is 2.26. The van der Waals surface area contributed by atoms with Crippen molar-refractivity contribution >= 4 is 22.4 Å². The van der Waals surface area contributed by atoms with Gasteiger partial charge in [-0.1, -0.05) is 6.92 Å². The van der Waals surface area contributed by atoms with Crippen molar-refractivity contribution in [1.29, 1.82) is 0 Å². The van der Waals surface area contributed by atoms with Crippen LogP contribution in [0.1, 0.15) is 35.8 Å². The third kappa shape index (κ3) is 4.75. The number of hydrogen-bond acceptors (Lipinski definition) is 5. The quantitative estimate of drug-likeness (QED) is 0.758. The number of anilines is 1. The lowest BCUT2D eigenvalue weighted by atomic mass is 9.99. The van der Waals surface area contributed by atoms with Gasteiger partial charge in [0.2, 0.25) is 0 Å². The molecule has 0 spiro atoms. The van der Waals surface area contributed by atoms with E-state index in [1.807, 2.05) is 0 Å². The van der Waals surface area contributed by atoms with Crippen LogP contribution in [0.3, 0.4) is 0 Å². The highest BCUT2D eigenvalue weighted by atomic mass is 32.1. The second kappa shape index (κ2) is 8.75. The summed E-state index contributed by atoms with van der Waals surface area (Å²) in [6, 6.07) is 2.99. The lowest BCUT2D eigenvalue weighted by Gasteiger charge is -2.34. The Morgan fingerprint density at radius 1 is 1.14 bits per heavy atom. The molecular formula is C21H26F2N4OS. The van der Waals surface area contributed by atoms with E-state index in [0.29, 0.717) is 26.2 Å². The number of halogens is 2. The maximum atomic E-state index is 13.9. The molecule has 2 aliphatic rings. The Balaban J connectivity index is 1.32. The van der Waals surface area contributed by atoms with Gasteiger partial charge >= 0.3 is 0 Å². The summed E-state index contributed by atoms with van der Waals surface area (Å²) in [5.41, 5.74) is 0.894. The van der Waals surface area contributed by atoms with Gasteiger partial charge in [-0.15, -0.1) is 11.3 Å². The molecule has 29 heavy (non-hydrogen) atoms. The Labute approximate surface area is 173 Å². The Hall–Kier alpha value is -2.06. The number of hydrogen-bond donors (Lipinski definition) is 0. The van der Waals surface area contributed by atoms with Gasteiger partial charge in [-0.3, -0.25) is 9.69 Å². The number of benzene rings is 1. The molecule has 0 N–H and O–H groups in total.